The van der Waals surface area contributed by atoms with Crippen molar-refractivity contribution >= 4 is 41.5 Å². The molecule has 0 radical (unpaired) electrons. The minimum atomic E-state index is -0.0165. The first-order chi connectivity index (χ1) is 12.1. The number of phenolic OH excluding ortho intramolecular Hbond substituents is 1. The molecule has 6 nitrogen and oxygen atoms in total. The second kappa shape index (κ2) is 11.0. The lowest BCUT2D eigenvalue weighted by Crippen LogP contribution is -2.36. The average molecular weight is 492 g/mol. The molecular weight excluding hydrogens is 469 g/mol. The van der Waals surface area contributed by atoms with Crippen LogP contribution < -0.4 is 20.1 Å². The largest absolute Gasteiger partial charge is 0.502 e. The summed E-state index contributed by atoms with van der Waals surface area (Å²) in [6.45, 7) is 1.09. The van der Waals surface area contributed by atoms with Gasteiger partial charge in [0.15, 0.2) is 17.5 Å². The lowest BCUT2D eigenvalue weighted by atomic mass is 10.2. The fourth-order valence-corrected chi connectivity index (χ4v) is 2.50. The van der Waals surface area contributed by atoms with Crippen molar-refractivity contribution in [1.82, 2.24) is 10.6 Å². The van der Waals surface area contributed by atoms with Crippen LogP contribution in [-0.2, 0) is 13.1 Å². The second-order valence-corrected chi connectivity index (χ2v) is 5.69. The number of halogens is 2. The van der Waals surface area contributed by atoms with Crippen molar-refractivity contribution < 1.29 is 14.6 Å². The molecular formula is C18H23ClIN3O3. The van der Waals surface area contributed by atoms with Gasteiger partial charge in [0.2, 0.25) is 5.75 Å². The van der Waals surface area contributed by atoms with Crippen molar-refractivity contribution in [1.29, 1.82) is 0 Å². The maximum absolute atomic E-state index is 9.95. The van der Waals surface area contributed by atoms with Crippen LogP contribution >= 0.6 is 35.6 Å². The van der Waals surface area contributed by atoms with E-state index in [1.54, 1.807) is 19.2 Å². The van der Waals surface area contributed by atoms with Crippen LogP contribution in [-0.4, -0.2) is 32.3 Å². The minimum absolute atomic E-state index is 0. The first kappa shape index (κ1) is 22.2. The first-order valence-corrected chi connectivity index (χ1v) is 8.08. The van der Waals surface area contributed by atoms with Crippen LogP contribution in [0.1, 0.15) is 11.1 Å². The number of rotatable bonds is 6. The van der Waals surface area contributed by atoms with E-state index in [1.807, 2.05) is 24.3 Å². The molecule has 0 spiro atoms. The number of aromatic hydroxyl groups is 1. The Morgan fingerprint density at radius 2 is 1.62 bits per heavy atom. The highest BCUT2D eigenvalue weighted by molar-refractivity contribution is 14.0. The van der Waals surface area contributed by atoms with E-state index in [0.717, 1.165) is 11.1 Å². The Labute approximate surface area is 175 Å². The monoisotopic (exact) mass is 491 g/mol. The van der Waals surface area contributed by atoms with Gasteiger partial charge < -0.3 is 25.2 Å². The number of methoxy groups -OCH3 is 2. The molecule has 0 saturated heterocycles. The molecule has 0 aliphatic carbocycles. The Morgan fingerprint density at radius 3 is 2.12 bits per heavy atom. The van der Waals surface area contributed by atoms with Gasteiger partial charge in [0.05, 0.1) is 14.2 Å². The predicted molar refractivity (Wildman–Crippen MR) is 115 cm³/mol. The van der Waals surface area contributed by atoms with E-state index < -0.39 is 0 Å². The minimum Gasteiger partial charge on any atom is -0.502 e. The molecule has 0 heterocycles. The summed E-state index contributed by atoms with van der Waals surface area (Å²) in [5, 5.41) is 17.1. The van der Waals surface area contributed by atoms with Crippen LogP contribution in [0.4, 0.5) is 0 Å². The standard InChI is InChI=1S/C18H22ClN3O3.HI/c1-20-18(21-10-12-5-4-6-14(19)7-12)22-11-13-8-15(24-2)17(23)16(9-13)25-3;/h4-9,23H,10-11H2,1-3H3,(H2,20,21,22);1H. The topological polar surface area (TPSA) is 75.1 Å². The zero-order chi connectivity index (χ0) is 18.2. The van der Waals surface area contributed by atoms with Crippen molar-refractivity contribution in [2.75, 3.05) is 21.3 Å². The molecule has 2 aromatic carbocycles. The van der Waals surface area contributed by atoms with Gasteiger partial charge >= 0.3 is 0 Å². The van der Waals surface area contributed by atoms with Gasteiger partial charge in [0, 0.05) is 25.2 Å². The Bertz CT molecular complexity index is 731. The molecule has 0 unspecified atom stereocenters. The Morgan fingerprint density at radius 1 is 1.04 bits per heavy atom. The number of hydrogen-bond donors (Lipinski definition) is 3. The van der Waals surface area contributed by atoms with Crippen molar-refractivity contribution in [2.24, 2.45) is 4.99 Å². The Balaban J connectivity index is 0.00000338. The van der Waals surface area contributed by atoms with Crippen LogP contribution in [0.3, 0.4) is 0 Å². The number of nitrogens with zero attached hydrogens (tertiary/aromatic N) is 1. The third-order valence-electron chi connectivity index (χ3n) is 3.57. The first-order valence-electron chi connectivity index (χ1n) is 7.70. The SMILES string of the molecule is CN=C(NCc1cccc(Cl)c1)NCc1cc(OC)c(O)c(OC)c1.I. The molecule has 0 saturated carbocycles. The Kier molecular flexibility index (Phi) is 9.36. The third kappa shape index (κ3) is 6.14. The smallest absolute Gasteiger partial charge is 0.200 e. The number of benzene rings is 2. The molecule has 0 bridgehead atoms. The second-order valence-electron chi connectivity index (χ2n) is 5.26. The van der Waals surface area contributed by atoms with Gasteiger partial charge in [-0.3, -0.25) is 4.99 Å². The average Bonchev–Trinajstić information content (AvgIpc) is 2.62. The molecule has 26 heavy (non-hydrogen) atoms. The molecule has 0 atom stereocenters. The molecule has 8 heteroatoms. The van der Waals surface area contributed by atoms with Gasteiger partial charge in [-0.1, -0.05) is 23.7 Å². The van der Waals surface area contributed by atoms with Crippen molar-refractivity contribution in [3.63, 3.8) is 0 Å². The van der Waals surface area contributed by atoms with Crippen LogP contribution in [0.2, 0.25) is 5.02 Å². The quantitative estimate of drug-likeness (QED) is 0.327. The normalized spacial score (nSPS) is 10.7. The number of hydrogen-bond acceptors (Lipinski definition) is 4. The molecule has 3 N–H and O–H groups in total. The summed E-state index contributed by atoms with van der Waals surface area (Å²) in [6.07, 6.45) is 0. The maximum Gasteiger partial charge on any atom is 0.200 e. The third-order valence-corrected chi connectivity index (χ3v) is 3.81. The van der Waals surface area contributed by atoms with Crippen molar-refractivity contribution in [3.05, 3.63) is 52.5 Å². The van der Waals surface area contributed by atoms with Crippen LogP contribution in [0.25, 0.3) is 0 Å². The molecule has 0 amide bonds. The lowest BCUT2D eigenvalue weighted by molar-refractivity contribution is 0.339. The van der Waals surface area contributed by atoms with Gasteiger partial charge in [-0.05, 0) is 35.4 Å². The van der Waals surface area contributed by atoms with E-state index in [1.165, 1.54) is 14.2 Å². The van der Waals surface area contributed by atoms with Crippen LogP contribution in [0.15, 0.2) is 41.4 Å². The summed E-state index contributed by atoms with van der Waals surface area (Å²) in [5.74, 6) is 1.35. The van der Waals surface area contributed by atoms with E-state index in [9.17, 15) is 5.11 Å². The van der Waals surface area contributed by atoms with Crippen molar-refractivity contribution in [2.45, 2.75) is 13.1 Å². The summed E-state index contributed by atoms with van der Waals surface area (Å²) >= 11 is 5.99. The summed E-state index contributed by atoms with van der Waals surface area (Å²) in [6, 6.07) is 11.1. The van der Waals surface area contributed by atoms with E-state index in [-0.39, 0.29) is 29.7 Å². The van der Waals surface area contributed by atoms with Gasteiger partial charge in [-0.25, -0.2) is 0 Å². The van der Waals surface area contributed by atoms with Gasteiger partial charge in [0.1, 0.15) is 0 Å². The molecule has 0 fully saturated rings. The number of nitrogens with one attached hydrogen (secondary N) is 2. The van der Waals surface area contributed by atoms with Crippen LogP contribution in [0.5, 0.6) is 17.2 Å². The molecule has 0 aliphatic rings. The summed E-state index contributed by atoms with van der Waals surface area (Å²) in [4.78, 5) is 4.19. The van der Waals surface area contributed by atoms with Gasteiger partial charge in [-0.2, -0.15) is 0 Å². The van der Waals surface area contributed by atoms with Crippen LogP contribution in [0, 0.1) is 0 Å². The van der Waals surface area contributed by atoms with Gasteiger partial charge in [-0.15, -0.1) is 24.0 Å². The molecule has 2 aromatic rings. The number of phenols is 1. The molecule has 0 aromatic heterocycles. The Hall–Kier alpha value is -1.87. The van der Waals surface area contributed by atoms with E-state index in [4.69, 9.17) is 21.1 Å². The molecule has 142 valence electrons. The number of guanidine groups is 1. The lowest BCUT2D eigenvalue weighted by Gasteiger charge is -2.14. The summed E-state index contributed by atoms with van der Waals surface area (Å²) < 4.78 is 10.3. The predicted octanol–water partition coefficient (Wildman–Crippen LogP) is 3.55. The molecule has 0 aliphatic heterocycles. The zero-order valence-electron chi connectivity index (χ0n) is 14.9. The summed E-state index contributed by atoms with van der Waals surface area (Å²) in [5.41, 5.74) is 1.95. The fraction of sp³-hybridized carbons (Fsp3) is 0.278. The highest BCUT2D eigenvalue weighted by atomic mass is 127. The van der Waals surface area contributed by atoms with E-state index >= 15 is 0 Å². The molecule has 2 rings (SSSR count). The zero-order valence-corrected chi connectivity index (χ0v) is 18.0. The number of aliphatic imine (C=N–C) groups is 1. The number of ether oxygens (including phenoxy) is 2. The van der Waals surface area contributed by atoms with Crippen molar-refractivity contribution in [3.8, 4) is 17.2 Å². The van der Waals surface area contributed by atoms with E-state index in [0.29, 0.717) is 35.6 Å². The van der Waals surface area contributed by atoms with E-state index in [2.05, 4.69) is 15.6 Å². The van der Waals surface area contributed by atoms with Gasteiger partial charge in [0.25, 0.3) is 0 Å². The fourth-order valence-electron chi connectivity index (χ4n) is 2.29. The maximum atomic E-state index is 9.95. The highest BCUT2D eigenvalue weighted by Crippen LogP contribution is 2.36. The highest BCUT2D eigenvalue weighted by Gasteiger charge is 2.11. The summed E-state index contributed by atoms with van der Waals surface area (Å²) in [7, 11) is 4.69.